The summed E-state index contributed by atoms with van der Waals surface area (Å²) in [5.41, 5.74) is 1.21. The minimum atomic E-state index is -4.54. The van der Waals surface area contributed by atoms with Crippen LogP contribution in [0.15, 0.2) is 43.0 Å². The number of aromatic nitrogens is 4. The first-order valence-corrected chi connectivity index (χ1v) is 6.58. The van der Waals surface area contributed by atoms with Crippen LogP contribution in [-0.4, -0.2) is 32.8 Å². The molecule has 0 amide bonds. The van der Waals surface area contributed by atoms with Crippen molar-refractivity contribution in [3.05, 3.63) is 48.5 Å². The van der Waals surface area contributed by atoms with Crippen LogP contribution in [0.5, 0.6) is 0 Å². The first-order chi connectivity index (χ1) is 10.6. The summed E-state index contributed by atoms with van der Waals surface area (Å²) >= 11 is 0. The predicted octanol–water partition coefficient (Wildman–Crippen LogP) is 2.92. The van der Waals surface area contributed by atoms with Gasteiger partial charge in [-0.2, -0.15) is 13.2 Å². The Morgan fingerprint density at radius 3 is 2.55 bits per heavy atom. The molecule has 0 aliphatic carbocycles. The van der Waals surface area contributed by atoms with E-state index in [0.717, 1.165) is 11.9 Å². The third kappa shape index (κ3) is 2.85. The number of anilines is 1. The summed E-state index contributed by atoms with van der Waals surface area (Å²) in [5, 5.41) is 0. The van der Waals surface area contributed by atoms with E-state index in [1.54, 1.807) is 24.3 Å². The number of fused-ring (bicyclic) bond motifs is 1. The molecular weight excluding hydrogens is 295 g/mol. The highest BCUT2D eigenvalue weighted by molar-refractivity contribution is 5.82. The van der Waals surface area contributed by atoms with Crippen molar-refractivity contribution >= 4 is 17.0 Å². The normalized spacial score (nSPS) is 11.8. The molecule has 0 saturated heterocycles. The van der Waals surface area contributed by atoms with E-state index in [-0.39, 0.29) is 29.9 Å². The molecule has 0 aliphatic heterocycles. The number of halogens is 3. The van der Waals surface area contributed by atoms with Gasteiger partial charge in [-0.3, -0.25) is 4.90 Å². The summed E-state index contributed by atoms with van der Waals surface area (Å²) in [5.74, 6) is -0.217. The summed E-state index contributed by atoms with van der Waals surface area (Å²) in [6.45, 7) is -0.237. The van der Waals surface area contributed by atoms with Crippen molar-refractivity contribution in [3.63, 3.8) is 0 Å². The second-order valence-corrected chi connectivity index (χ2v) is 4.65. The highest BCUT2D eigenvalue weighted by Gasteiger charge is 2.39. The van der Waals surface area contributed by atoms with Crippen LogP contribution in [-0.2, 0) is 6.42 Å². The molecule has 5 nitrogen and oxygen atoms in total. The number of nitrogens with one attached hydrogen (secondary N) is 1. The minimum absolute atomic E-state index is 0.174. The Morgan fingerprint density at radius 2 is 1.82 bits per heavy atom. The Hall–Kier alpha value is -2.64. The van der Waals surface area contributed by atoms with Crippen molar-refractivity contribution in [2.45, 2.75) is 12.7 Å². The van der Waals surface area contributed by atoms with Crippen LogP contribution < -0.4 is 4.90 Å². The average molecular weight is 307 g/mol. The number of benzene rings is 1. The molecule has 0 atom stereocenters. The second kappa shape index (κ2) is 5.63. The van der Waals surface area contributed by atoms with Gasteiger partial charge >= 0.3 is 6.30 Å². The summed E-state index contributed by atoms with van der Waals surface area (Å²) in [6.07, 6.45) is -1.91. The predicted molar refractivity (Wildman–Crippen MR) is 75.2 cm³/mol. The van der Waals surface area contributed by atoms with Gasteiger partial charge in [-0.25, -0.2) is 15.0 Å². The zero-order valence-electron chi connectivity index (χ0n) is 11.4. The van der Waals surface area contributed by atoms with Gasteiger partial charge in [0.1, 0.15) is 11.8 Å². The summed E-state index contributed by atoms with van der Waals surface area (Å²) < 4.78 is 40.1. The third-order valence-electron chi connectivity index (χ3n) is 3.23. The fraction of sp³-hybridized carbons (Fsp3) is 0.214. The number of nitrogens with zero attached hydrogens (tertiary/aromatic N) is 4. The van der Waals surface area contributed by atoms with Gasteiger partial charge in [0.25, 0.3) is 0 Å². The first kappa shape index (κ1) is 14.3. The van der Waals surface area contributed by atoms with E-state index in [0.29, 0.717) is 4.90 Å². The van der Waals surface area contributed by atoms with Crippen LogP contribution in [0.1, 0.15) is 5.56 Å². The van der Waals surface area contributed by atoms with Crippen molar-refractivity contribution in [2.24, 2.45) is 0 Å². The second-order valence-electron chi connectivity index (χ2n) is 4.65. The van der Waals surface area contributed by atoms with Gasteiger partial charge in [0, 0.05) is 6.54 Å². The van der Waals surface area contributed by atoms with Crippen molar-refractivity contribution in [1.82, 2.24) is 19.9 Å². The molecule has 2 aromatic heterocycles. The van der Waals surface area contributed by atoms with Gasteiger partial charge in [0.05, 0.1) is 6.33 Å². The Bertz CT molecular complexity index is 754. The topological polar surface area (TPSA) is 57.7 Å². The molecule has 3 aromatic rings. The van der Waals surface area contributed by atoms with Crippen molar-refractivity contribution in [3.8, 4) is 0 Å². The number of H-pyrrole nitrogens is 1. The standard InChI is InChI=1S/C14H12F3N5/c15-14(16,17)22(7-6-10-4-2-1-3-5-10)13-11-12(19-8-18-11)20-9-21-13/h1-5,8-9H,6-7H2,(H,18,19,20,21). The number of hydrogen-bond acceptors (Lipinski definition) is 4. The number of aromatic amines is 1. The maximum Gasteiger partial charge on any atom is 0.486 e. The van der Waals surface area contributed by atoms with E-state index in [2.05, 4.69) is 19.9 Å². The van der Waals surface area contributed by atoms with Crippen LogP contribution in [0.3, 0.4) is 0 Å². The number of imidazole rings is 1. The number of hydrogen-bond donors (Lipinski definition) is 1. The van der Waals surface area contributed by atoms with Gasteiger partial charge in [0.15, 0.2) is 11.5 Å². The van der Waals surface area contributed by atoms with Crippen LogP contribution >= 0.6 is 0 Å². The molecule has 0 spiro atoms. The summed E-state index contributed by atoms with van der Waals surface area (Å²) in [6, 6.07) is 9.00. The van der Waals surface area contributed by atoms with Crippen molar-refractivity contribution in [2.75, 3.05) is 11.4 Å². The number of rotatable bonds is 4. The van der Waals surface area contributed by atoms with E-state index in [1.807, 2.05) is 6.07 Å². The average Bonchev–Trinajstić information content (AvgIpc) is 2.96. The van der Waals surface area contributed by atoms with E-state index in [9.17, 15) is 13.2 Å². The molecule has 0 fully saturated rings. The zero-order chi connectivity index (χ0) is 15.6. The lowest BCUT2D eigenvalue weighted by Gasteiger charge is -2.26. The van der Waals surface area contributed by atoms with E-state index in [1.165, 1.54) is 6.33 Å². The van der Waals surface area contributed by atoms with Crippen LogP contribution in [0.25, 0.3) is 11.2 Å². The SMILES string of the molecule is FC(F)(F)N(CCc1ccccc1)c1ncnc2nc[nH]c12. The lowest BCUT2D eigenvalue weighted by molar-refractivity contribution is -0.129. The molecule has 22 heavy (non-hydrogen) atoms. The Morgan fingerprint density at radius 1 is 1.05 bits per heavy atom. The Balaban J connectivity index is 1.92. The molecule has 1 N–H and O–H groups in total. The van der Waals surface area contributed by atoms with Gasteiger partial charge in [-0.05, 0) is 12.0 Å². The summed E-state index contributed by atoms with van der Waals surface area (Å²) in [7, 11) is 0. The minimum Gasteiger partial charge on any atom is -0.340 e. The van der Waals surface area contributed by atoms with E-state index < -0.39 is 6.30 Å². The maximum atomic E-state index is 13.4. The molecule has 0 saturated carbocycles. The smallest absolute Gasteiger partial charge is 0.340 e. The van der Waals surface area contributed by atoms with Gasteiger partial charge < -0.3 is 4.98 Å². The highest BCUT2D eigenvalue weighted by atomic mass is 19.4. The molecule has 3 rings (SSSR count). The van der Waals surface area contributed by atoms with E-state index in [4.69, 9.17) is 0 Å². The third-order valence-corrected chi connectivity index (χ3v) is 3.23. The van der Waals surface area contributed by atoms with Crippen molar-refractivity contribution < 1.29 is 13.2 Å². The molecule has 0 bridgehead atoms. The molecular formula is C14H12F3N5. The fourth-order valence-electron chi connectivity index (χ4n) is 2.20. The fourth-order valence-corrected chi connectivity index (χ4v) is 2.20. The molecule has 8 heteroatoms. The van der Waals surface area contributed by atoms with Crippen molar-refractivity contribution in [1.29, 1.82) is 0 Å². The molecule has 2 heterocycles. The number of alkyl halides is 3. The molecule has 114 valence electrons. The summed E-state index contributed by atoms with van der Waals surface area (Å²) in [4.78, 5) is 14.4. The maximum absolute atomic E-state index is 13.4. The lowest BCUT2D eigenvalue weighted by Crippen LogP contribution is -2.40. The van der Waals surface area contributed by atoms with Gasteiger partial charge in [-0.1, -0.05) is 30.3 Å². The lowest BCUT2D eigenvalue weighted by atomic mass is 10.1. The Kier molecular flexibility index (Phi) is 3.66. The monoisotopic (exact) mass is 307 g/mol. The molecule has 0 unspecified atom stereocenters. The molecule has 0 radical (unpaired) electrons. The van der Waals surface area contributed by atoms with Gasteiger partial charge in [-0.15, -0.1) is 0 Å². The molecule has 0 aliphatic rings. The highest BCUT2D eigenvalue weighted by Crippen LogP contribution is 2.30. The van der Waals surface area contributed by atoms with Gasteiger partial charge in [0.2, 0.25) is 0 Å². The quantitative estimate of drug-likeness (QED) is 0.753. The van der Waals surface area contributed by atoms with Crippen LogP contribution in [0.4, 0.5) is 19.0 Å². The van der Waals surface area contributed by atoms with Crippen LogP contribution in [0, 0.1) is 0 Å². The Labute approximate surface area is 123 Å². The van der Waals surface area contributed by atoms with Crippen LogP contribution in [0.2, 0.25) is 0 Å². The molecule has 1 aromatic carbocycles. The largest absolute Gasteiger partial charge is 0.486 e. The van der Waals surface area contributed by atoms with E-state index >= 15 is 0 Å². The first-order valence-electron chi connectivity index (χ1n) is 6.58. The zero-order valence-corrected chi connectivity index (χ0v) is 11.4.